The molecule has 0 heterocycles. The second kappa shape index (κ2) is 11.5. The van der Waals surface area contributed by atoms with E-state index in [1.165, 1.54) is 64.2 Å². The molecule has 0 nitrogen and oxygen atoms in total. The van der Waals surface area contributed by atoms with Crippen LogP contribution >= 0.6 is 0 Å². The summed E-state index contributed by atoms with van der Waals surface area (Å²) in [6, 6.07) is 0. The van der Waals surface area contributed by atoms with E-state index >= 15 is 0 Å². The Morgan fingerprint density at radius 2 is 1.44 bits per heavy atom. The summed E-state index contributed by atoms with van der Waals surface area (Å²) in [6.07, 6.45) is 14.3. The van der Waals surface area contributed by atoms with E-state index < -0.39 is 0 Å². The van der Waals surface area contributed by atoms with Crippen LogP contribution in [0.1, 0.15) is 91.9 Å². The fourth-order valence-electron chi connectivity index (χ4n) is 2.59. The zero-order chi connectivity index (χ0) is 12.2. The molecule has 98 valence electrons. The van der Waals surface area contributed by atoms with Gasteiger partial charge in [-0.15, -0.1) is 0 Å². The summed E-state index contributed by atoms with van der Waals surface area (Å²) in [5, 5.41) is 0. The molecule has 0 amide bonds. The monoisotopic (exact) mass is 226 g/mol. The van der Waals surface area contributed by atoms with E-state index in [-0.39, 0.29) is 0 Å². The molecule has 0 aromatic rings. The molecule has 0 aromatic heterocycles. The van der Waals surface area contributed by atoms with Crippen LogP contribution in [0.4, 0.5) is 0 Å². The van der Waals surface area contributed by atoms with Crippen LogP contribution in [-0.4, -0.2) is 0 Å². The van der Waals surface area contributed by atoms with E-state index in [1.807, 2.05) is 0 Å². The van der Waals surface area contributed by atoms with Gasteiger partial charge in [0.15, 0.2) is 0 Å². The Kier molecular flexibility index (Phi) is 11.5. The number of hydrogen-bond acceptors (Lipinski definition) is 0. The van der Waals surface area contributed by atoms with Gasteiger partial charge in [0, 0.05) is 0 Å². The van der Waals surface area contributed by atoms with E-state index in [9.17, 15) is 0 Å². The standard InChI is InChI=1S/C16H34/c1-5-8-10-11-12-15(4)14-16(7-3)13-9-6-2/h15-16H,5-14H2,1-4H3. The Labute approximate surface area is 104 Å². The minimum absolute atomic E-state index is 0.957. The predicted octanol–water partition coefficient (Wildman–Crippen LogP) is 6.20. The van der Waals surface area contributed by atoms with Gasteiger partial charge in [-0.2, -0.15) is 0 Å². The van der Waals surface area contributed by atoms with Gasteiger partial charge in [-0.3, -0.25) is 0 Å². The minimum atomic E-state index is 0.957. The Bertz CT molecular complexity index is 128. The van der Waals surface area contributed by atoms with Crippen LogP contribution in [0.2, 0.25) is 0 Å². The van der Waals surface area contributed by atoms with E-state index in [0.29, 0.717) is 0 Å². The lowest BCUT2D eigenvalue weighted by Crippen LogP contribution is -2.06. The zero-order valence-electron chi connectivity index (χ0n) is 12.2. The lowest BCUT2D eigenvalue weighted by molar-refractivity contribution is 0.333. The van der Waals surface area contributed by atoms with E-state index in [1.54, 1.807) is 0 Å². The van der Waals surface area contributed by atoms with Gasteiger partial charge in [0.2, 0.25) is 0 Å². The fourth-order valence-corrected chi connectivity index (χ4v) is 2.59. The number of unbranched alkanes of at least 4 members (excludes halogenated alkanes) is 4. The van der Waals surface area contributed by atoms with Gasteiger partial charge in [-0.1, -0.05) is 85.5 Å². The van der Waals surface area contributed by atoms with Crippen molar-refractivity contribution in [1.29, 1.82) is 0 Å². The second-order valence-electron chi connectivity index (χ2n) is 5.61. The first-order chi connectivity index (χ1) is 7.74. The number of rotatable bonds is 11. The quantitative estimate of drug-likeness (QED) is 0.368. The third-order valence-electron chi connectivity index (χ3n) is 3.83. The summed E-state index contributed by atoms with van der Waals surface area (Å²) in [5.41, 5.74) is 0. The highest BCUT2D eigenvalue weighted by Gasteiger charge is 2.10. The molecule has 0 saturated carbocycles. The van der Waals surface area contributed by atoms with Gasteiger partial charge in [0.25, 0.3) is 0 Å². The Balaban J connectivity index is 3.53. The average Bonchev–Trinajstić information content (AvgIpc) is 2.30. The maximum atomic E-state index is 2.46. The molecule has 0 aliphatic rings. The molecule has 0 radical (unpaired) electrons. The van der Waals surface area contributed by atoms with Crippen molar-refractivity contribution < 1.29 is 0 Å². The van der Waals surface area contributed by atoms with Crippen molar-refractivity contribution in [3.63, 3.8) is 0 Å². The SMILES string of the molecule is CCCCCCC(C)CC(CC)CCCC. The number of hydrogen-bond donors (Lipinski definition) is 0. The van der Waals surface area contributed by atoms with Crippen molar-refractivity contribution in [2.75, 3.05) is 0 Å². The molecule has 0 saturated heterocycles. The second-order valence-corrected chi connectivity index (χ2v) is 5.61. The first-order valence-corrected chi connectivity index (χ1v) is 7.74. The molecule has 2 unspecified atom stereocenters. The largest absolute Gasteiger partial charge is 0.0654 e. The first-order valence-electron chi connectivity index (χ1n) is 7.74. The van der Waals surface area contributed by atoms with Crippen LogP contribution in [-0.2, 0) is 0 Å². The highest BCUT2D eigenvalue weighted by atomic mass is 14.2. The lowest BCUT2D eigenvalue weighted by atomic mass is 9.87. The predicted molar refractivity (Wildman–Crippen MR) is 75.8 cm³/mol. The van der Waals surface area contributed by atoms with Gasteiger partial charge < -0.3 is 0 Å². The van der Waals surface area contributed by atoms with Crippen LogP contribution in [0.25, 0.3) is 0 Å². The third kappa shape index (κ3) is 9.24. The average molecular weight is 226 g/mol. The molecule has 0 rings (SSSR count). The van der Waals surface area contributed by atoms with Crippen LogP contribution in [0.15, 0.2) is 0 Å². The molecule has 0 N–H and O–H groups in total. The zero-order valence-corrected chi connectivity index (χ0v) is 12.2. The van der Waals surface area contributed by atoms with E-state index in [2.05, 4.69) is 27.7 Å². The maximum Gasteiger partial charge on any atom is -0.0414 e. The molecule has 16 heavy (non-hydrogen) atoms. The van der Waals surface area contributed by atoms with Crippen molar-refractivity contribution in [3.8, 4) is 0 Å². The highest BCUT2D eigenvalue weighted by molar-refractivity contribution is 4.63. The summed E-state index contributed by atoms with van der Waals surface area (Å²) in [7, 11) is 0. The van der Waals surface area contributed by atoms with Gasteiger partial charge in [0.1, 0.15) is 0 Å². The van der Waals surface area contributed by atoms with Gasteiger partial charge in [-0.25, -0.2) is 0 Å². The van der Waals surface area contributed by atoms with E-state index in [4.69, 9.17) is 0 Å². The summed E-state index contributed by atoms with van der Waals surface area (Å²) in [5.74, 6) is 1.96. The molecular weight excluding hydrogens is 192 g/mol. The van der Waals surface area contributed by atoms with Crippen molar-refractivity contribution in [2.24, 2.45) is 11.8 Å². The Hall–Kier alpha value is 0. The summed E-state index contributed by atoms with van der Waals surface area (Å²) >= 11 is 0. The Morgan fingerprint density at radius 3 is 2.00 bits per heavy atom. The molecule has 0 fully saturated rings. The molecule has 0 aromatic carbocycles. The maximum absolute atomic E-state index is 2.46. The molecule has 0 aliphatic carbocycles. The molecule has 0 bridgehead atoms. The van der Waals surface area contributed by atoms with Gasteiger partial charge in [0.05, 0.1) is 0 Å². The van der Waals surface area contributed by atoms with Crippen LogP contribution in [0, 0.1) is 11.8 Å². The summed E-state index contributed by atoms with van der Waals surface area (Å²) in [6.45, 7) is 9.42. The van der Waals surface area contributed by atoms with Gasteiger partial charge in [-0.05, 0) is 18.3 Å². The normalized spacial score (nSPS) is 15.0. The molecule has 0 aliphatic heterocycles. The molecular formula is C16H34. The molecule has 2 atom stereocenters. The van der Waals surface area contributed by atoms with Crippen molar-refractivity contribution in [1.82, 2.24) is 0 Å². The lowest BCUT2D eigenvalue weighted by Gasteiger charge is -2.19. The smallest absolute Gasteiger partial charge is 0.0414 e. The summed E-state index contributed by atoms with van der Waals surface area (Å²) < 4.78 is 0. The highest BCUT2D eigenvalue weighted by Crippen LogP contribution is 2.24. The Morgan fingerprint density at radius 1 is 0.750 bits per heavy atom. The summed E-state index contributed by atoms with van der Waals surface area (Å²) in [4.78, 5) is 0. The van der Waals surface area contributed by atoms with Crippen molar-refractivity contribution in [2.45, 2.75) is 91.9 Å². The topological polar surface area (TPSA) is 0 Å². The molecule has 0 spiro atoms. The fraction of sp³-hybridized carbons (Fsp3) is 1.00. The van der Waals surface area contributed by atoms with Crippen LogP contribution in [0.3, 0.4) is 0 Å². The third-order valence-corrected chi connectivity index (χ3v) is 3.83. The minimum Gasteiger partial charge on any atom is -0.0654 e. The molecule has 0 heteroatoms. The van der Waals surface area contributed by atoms with Gasteiger partial charge >= 0.3 is 0 Å². The first kappa shape index (κ1) is 16.0. The van der Waals surface area contributed by atoms with Crippen LogP contribution in [0.5, 0.6) is 0 Å². The van der Waals surface area contributed by atoms with Crippen LogP contribution < -0.4 is 0 Å². The van der Waals surface area contributed by atoms with Crippen molar-refractivity contribution >= 4 is 0 Å². The van der Waals surface area contributed by atoms with Crippen molar-refractivity contribution in [3.05, 3.63) is 0 Å². The van der Waals surface area contributed by atoms with E-state index in [0.717, 1.165) is 11.8 Å².